The third-order valence-corrected chi connectivity index (χ3v) is 9.43. The van der Waals surface area contributed by atoms with Gasteiger partial charge in [-0.25, -0.2) is 8.42 Å². The quantitative estimate of drug-likeness (QED) is 0.279. The third kappa shape index (κ3) is 8.33. The second-order valence-electron chi connectivity index (χ2n) is 10.5. The van der Waals surface area contributed by atoms with Crippen molar-refractivity contribution in [2.24, 2.45) is 0 Å². The van der Waals surface area contributed by atoms with Crippen LogP contribution in [0.1, 0.15) is 42.4 Å². The maximum Gasteiger partial charge on any atom is 0.244 e. The van der Waals surface area contributed by atoms with Crippen molar-refractivity contribution >= 4 is 55.1 Å². The first-order valence-electron chi connectivity index (χ1n) is 13.6. The summed E-state index contributed by atoms with van der Waals surface area (Å²) in [6.07, 6.45) is 5.26. The van der Waals surface area contributed by atoms with Crippen LogP contribution in [-0.2, 0) is 32.6 Å². The van der Waals surface area contributed by atoms with Crippen LogP contribution in [0.2, 0.25) is 5.02 Å². The van der Waals surface area contributed by atoms with Crippen LogP contribution in [0.15, 0.2) is 77.3 Å². The highest BCUT2D eigenvalue weighted by Gasteiger charge is 2.34. The van der Waals surface area contributed by atoms with Gasteiger partial charge in [0.25, 0.3) is 0 Å². The Morgan fingerprint density at radius 3 is 2.32 bits per heavy atom. The molecule has 0 radical (unpaired) electrons. The molecule has 3 aromatic carbocycles. The maximum atomic E-state index is 14.2. The van der Waals surface area contributed by atoms with Gasteiger partial charge in [0, 0.05) is 28.5 Å². The Balaban J connectivity index is 1.74. The van der Waals surface area contributed by atoms with E-state index in [0.717, 1.165) is 51.8 Å². The highest BCUT2D eigenvalue weighted by molar-refractivity contribution is 9.10. The molecule has 10 heteroatoms. The lowest BCUT2D eigenvalue weighted by atomic mass is 10.0. The zero-order valence-electron chi connectivity index (χ0n) is 23.2. The van der Waals surface area contributed by atoms with Gasteiger partial charge in [0.15, 0.2) is 0 Å². The Hall–Kier alpha value is -2.88. The number of carbonyl (C=O) groups is 2. The molecule has 0 bridgehead atoms. The molecule has 2 amide bonds. The summed E-state index contributed by atoms with van der Waals surface area (Å²) in [5, 5.41) is 3.57. The molecular weight excluding hydrogens is 626 g/mol. The summed E-state index contributed by atoms with van der Waals surface area (Å²) in [4.78, 5) is 29.6. The van der Waals surface area contributed by atoms with Gasteiger partial charge in [-0.3, -0.25) is 13.9 Å². The first-order valence-corrected chi connectivity index (χ1v) is 16.7. The van der Waals surface area contributed by atoms with Gasteiger partial charge in [0.2, 0.25) is 21.8 Å². The smallest absolute Gasteiger partial charge is 0.244 e. The number of nitrogens with one attached hydrogen (secondary N) is 1. The van der Waals surface area contributed by atoms with Crippen molar-refractivity contribution in [2.45, 2.75) is 57.7 Å². The van der Waals surface area contributed by atoms with Gasteiger partial charge in [-0.15, -0.1) is 0 Å². The molecule has 1 fully saturated rings. The van der Waals surface area contributed by atoms with E-state index in [-0.39, 0.29) is 24.9 Å². The fraction of sp³-hybridized carbons (Fsp3) is 0.355. The van der Waals surface area contributed by atoms with Gasteiger partial charge in [0.1, 0.15) is 12.6 Å². The van der Waals surface area contributed by atoms with Gasteiger partial charge < -0.3 is 10.2 Å². The Morgan fingerprint density at radius 1 is 1.00 bits per heavy atom. The average Bonchev–Trinajstić information content (AvgIpc) is 3.44. The van der Waals surface area contributed by atoms with E-state index in [4.69, 9.17) is 11.6 Å². The molecule has 0 unspecified atom stereocenters. The van der Waals surface area contributed by atoms with E-state index in [1.165, 1.54) is 4.90 Å². The molecule has 0 aromatic heterocycles. The molecule has 3 aromatic rings. The van der Waals surface area contributed by atoms with Gasteiger partial charge in [-0.1, -0.05) is 88.9 Å². The van der Waals surface area contributed by atoms with E-state index in [2.05, 4.69) is 21.2 Å². The number of amides is 2. The fourth-order valence-corrected chi connectivity index (χ4v) is 6.73. The minimum Gasteiger partial charge on any atom is -0.352 e. The molecular formula is C31H35BrClN3O4S. The van der Waals surface area contributed by atoms with Crippen LogP contribution in [0.5, 0.6) is 0 Å². The molecule has 1 N–H and O–H groups in total. The van der Waals surface area contributed by atoms with Crippen molar-refractivity contribution in [3.63, 3.8) is 0 Å². The van der Waals surface area contributed by atoms with Crippen molar-refractivity contribution in [3.8, 4) is 0 Å². The number of halogens is 2. The molecule has 218 valence electrons. The molecule has 0 aliphatic heterocycles. The lowest BCUT2D eigenvalue weighted by Crippen LogP contribution is -2.54. The van der Waals surface area contributed by atoms with Gasteiger partial charge in [0.05, 0.1) is 11.9 Å². The summed E-state index contributed by atoms with van der Waals surface area (Å²) in [7, 11) is -3.87. The molecule has 1 aliphatic carbocycles. The number of nitrogens with zero attached hydrogens (tertiary/aromatic N) is 2. The number of benzene rings is 3. The summed E-state index contributed by atoms with van der Waals surface area (Å²) in [6.45, 7) is 1.36. The predicted molar refractivity (Wildman–Crippen MR) is 167 cm³/mol. The molecule has 0 spiro atoms. The van der Waals surface area contributed by atoms with Gasteiger partial charge >= 0.3 is 0 Å². The van der Waals surface area contributed by atoms with E-state index in [1.807, 2.05) is 54.6 Å². The lowest BCUT2D eigenvalue weighted by molar-refractivity contribution is -0.140. The molecule has 1 saturated carbocycles. The summed E-state index contributed by atoms with van der Waals surface area (Å²) in [5.74, 6) is -0.730. The van der Waals surface area contributed by atoms with Crippen LogP contribution in [-0.4, -0.2) is 50.0 Å². The molecule has 4 rings (SSSR count). The highest BCUT2D eigenvalue weighted by atomic mass is 79.9. The van der Waals surface area contributed by atoms with Gasteiger partial charge in [-0.05, 0) is 60.7 Å². The van der Waals surface area contributed by atoms with Crippen molar-refractivity contribution in [1.29, 1.82) is 0 Å². The second-order valence-corrected chi connectivity index (χ2v) is 13.7. The zero-order valence-corrected chi connectivity index (χ0v) is 26.4. The number of rotatable bonds is 11. The first kappa shape index (κ1) is 31.1. The minimum atomic E-state index is -3.87. The first-order chi connectivity index (χ1) is 19.5. The Bertz CT molecular complexity index is 1480. The number of carbonyl (C=O) groups excluding carboxylic acids is 2. The predicted octanol–water partition coefficient (Wildman–Crippen LogP) is 5.88. The molecule has 7 nitrogen and oxygen atoms in total. The van der Waals surface area contributed by atoms with E-state index in [1.54, 1.807) is 25.1 Å². The molecule has 41 heavy (non-hydrogen) atoms. The highest BCUT2D eigenvalue weighted by Crippen LogP contribution is 2.29. The second kappa shape index (κ2) is 13.9. The van der Waals surface area contributed by atoms with Crippen molar-refractivity contribution in [1.82, 2.24) is 10.2 Å². The number of anilines is 1. The Morgan fingerprint density at radius 2 is 1.66 bits per heavy atom. The largest absolute Gasteiger partial charge is 0.352 e. The monoisotopic (exact) mass is 659 g/mol. The van der Waals surface area contributed by atoms with Gasteiger partial charge in [-0.2, -0.15) is 0 Å². The standard InChI is InChI=1S/C31H35BrClN3O4S/c1-22-27(33)16-9-17-28(22)36(41(2,39)40)21-30(37)35(20-24-12-8-13-25(32)18-24)29(19-23-10-4-3-5-11-23)31(38)34-26-14-6-7-15-26/h3-5,8-13,16-18,26,29H,6-7,14-15,19-21H2,1-2H3,(H,34,38)/t29-/m1/s1. The van der Waals surface area contributed by atoms with Crippen molar-refractivity contribution in [2.75, 3.05) is 17.1 Å². The van der Waals surface area contributed by atoms with Crippen LogP contribution in [0, 0.1) is 6.92 Å². The minimum absolute atomic E-state index is 0.0604. The number of hydrogen-bond acceptors (Lipinski definition) is 4. The zero-order chi connectivity index (χ0) is 29.6. The van der Waals surface area contributed by atoms with Crippen LogP contribution < -0.4 is 9.62 Å². The average molecular weight is 661 g/mol. The topological polar surface area (TPSA) is 86.8 Å². The molecule has 0 saturated heterocycles. The van der Waals surface area contributed by atoms with E-state index < -0.39 is 28.5 Å². The van der Waals surface area contributed by atoms with Crippen LogP contribution in [0.4, 0.5) is 5.69 Å². The van der Waals surface area contributed by atoms with Crippen LogP contribution in [0.25, 0.3) is 0 Å². The lowest BCUT2D eigenvalue weighted by Gasteiger charge is -2.34. The fourth-order valence-electron chi connectivity index (χ4n) is 5.21. The SMILES string of the molecule is Cc1c(Cl)cccc1N(CC(=O)N(Cc1cccc(Br)c1)[C@H](Cc1ccccc1)C(=O)NC1CCCC1)S(C)(=O)=O. The van der Waals surface area contributed by atoms with Crippen LogP contribution in [0.3, 0.4) is 0 Å². The van der Waals surface area contributed by atoms with E-state index in [9.17, 15) is 18.0 Å². The summed E-state index contributed by atoms with van der Waals surface area (Å²) < 4.78 is 27.9. The normalized spacial score (nSPS) is 14.4. The Labute approximate surface area is 256 Å². The molecule has 1 atom stereocenters. The van der Waals surface area contributed by atoms with Crippen molar-refractivity contribution in [3.05, 3.63) is 99.0 Å². The van der Waals surface area contributed by atoms with Crippen LogP contribution >= 0.6 is 27.5 Å². The molecule has 1 aliphatic rings. The summed E-state index contributed by atoms with van der Waals surface area (Å²) in [5.41, 5.74) is 2.58. The number of hydrogen-bond donors (Lipinski definition) is 1. The van der Waals surface area contributed by atoms with E-state index >= 15 is 0 Å². The van der Waals surface area contributed by atoms with Crippen molar-refractivity contribution < 1.29 is 18.0 Å². The third-order valence-electron chi connectivity index (χ3n) is 7.40. The molecule has 0 heterocycles. The Kier molecular flexibility index (Phi) is 10.5. The summed E-state index contributed by atoms with van der Waals surface area (Å²) >= 11 is 9.81. The van der Waals surface area contributed by atoms with E-state index in [0.29, 0.717) is 16.3 Å². The summed E-state index contributed by atoms with van der Waals surface area (Å²) in [6, 6.07) is 21.2. The number of sulfonamides is 1. The maximum absolute atomic E-state index is 14.2.